The van der Waals surface area contributed by atoms with E-state index >= 15 is 0 Å². The van der Waals surface area contributed by atoms with Crippen LogP contribution in [-0.4, -0.2) is 4.57 Å². The molecule has 6 aromatic carbocycles. The van der Waals surface area contributed by atoms with Crippen LogP contribution in [0.15, 0.2) is 115 Å². The molecule has 3 heterocycles. The van der Waals surface area contributed by atoms with Crippen LogP contribution in [0.2, 0.25) is 0 Å². The first kappa shape index (κ1) is 24.5. The van der Waals surface area contributed by atoms with Crippen molar-refractivity contribution in [2.45, 2.75) is 37.5 Å². The summed E-state index contributed by atoms with van der Waals surface area (Å²) in [6, 6.07) is 43.5. The summed E-state index contributed by atoms with van der Waals surface area (Å²) in [5.41, 5.74) is 15.1. The molecule has 0 saturated heterocycles. The van der Waals surface area contributed by atoms with Gasteiger partial charge >= 0.3 is 0 Å². The zero-order chi connectivity index (χ0) is 29.3. The summed E-state index contributed by atoms with van der Waals surface area (Å²) in [5, 5.41) is 9.34. The number of thiophene rings is 1. The van der Waals surface area contributed by atoms with E-state index in [4.69, 9.17) is 0 Å². The van der Waals surface area contributed by atoms with Crippen molar-refractivity contribution in [3.8, 4) is 27.9 Å². The topological polar surface area (TPSA) is 17.0 Å². The van der Waals surface area contributed by atoms with Crippen molar-refractivity contribution in [1.82, 2.24) is 4.57 Å². The van der Waals surface area contributed by atoms with E-state index in [9.17, 15) is 0 Å². The fraction of sp³-hybridized carbons (Fsp3) is 0.143. The Morgan fingerprint density at radius 1 is 0.600 bits per heavy atom. The predicted octanol–water partition coefficient (Wildman–Crippen LogP) is 12.1. The van der Waals surface area contributed by atoms with Gasteiger partial charge in [-0.05, 0) is 71.5 Å². The second-order valence-electron chi connectivity index (χ2n) is 13.2. The van der Waals surface area contributed by atoms with E-state index in [1.807, 2.05) is 11.3 Å². The van der Waals surface area contributed by atoms with Crippen LogP contribution in [0, 0.1) is 0 Å². The molecule has 45 heavy (non-hydrogen) atoms. The van der Waals surface area contributed by atoms with Gasteiger partial charge in [-0.3, -0.25) is 0 Å². The third kappa shape index (κ3) is 3.05. The van der Waals surface area contributed by atoms with Gasteiger partial charge in [0.2, 0.25) is 0 Å². The summed E-state index contributed by atoms with van der Waals surface area (Å²) in [5.74, 6) is 0. The van der Waals surface area contributed by atoms with E-state index in [1.165, 1.54) is 113 Å². The highest BCUT2D eigenvalue weighted by Gasteiger charge is 2.47. The molecule has 3 heteroatoms. The van der Waals surface area contributed by atoms with Crippen LogP contribution in [0.1, 0.15) is 43.2 Å². The molecule has 0 amide bonds. The highest BCUT2D eigenvalue weighted by Crippen LogP contribution is 2.63. The van der Waals surface area contributed by atoms with Crippen LogP contribution in [-0.2, 0) is 5.41 Å². The van der Waals surface area contributed by atoms with Crippen molar-refractivity contribution in [2.75, 3.05) is 5.32 Å². The maximum absolute atomic E-state index is 4.03. The molecule has 1 aliphatic heterocycles. The second-order valence-corrected chi connectivity index (χ2v) is 14.3. The molecule has 1 N–H and O–H groups in total. The number of hydrogen-bond donors (Lipinski definition) is 1. The van der Waals surface area contributed by atoms with Gasteiger partial charge in [-0.2, -0.15) is 0 Å². The number of hydrogen-bond acceptors (Lipinski definition) is 2. The molecule has 0 radical (unpaired) electrons. The molecule has 0 bridgehead atoms. The Kier molecular flexibility index (Phi) is 4.70. The summed E-state index contributed by atoms with van der Waals surface area (Å²) in [4.78, 5) is 0. The highest BCUT2D eigenvalue weighted by molar-refractivity contribution is 7.25. The lowest BCUT2D eigenvalue weighted by molar-refractivity contribution is 0.353. The summed E-state index contributed by atoms with van der Waals surface area (Å²) in [7, 11) is 0. The standard InChI is InChI=1S/C42H30N2S/c1-8-21-42(22-9-1)31-15-10-14-29-26-11-2-5-16-34(26)44-35-17-6-3-13-30(35)39-33(24-32(42)40(38(29)31)41(39)44)43-25-19-20-28-27-12-4-7-18-36(27)45-37(28)23-25/h2-7,10-20,23-24,43H,1,8-9,21-22H2. The van der Waals surface area contributed by atoms with Gasteiger partial charge in [0.25, 0.3) is 0 Å². The molecule has 2 aromatic heterocycles. The molecule has 2 aliphatic carbocycles. The Morgan fingerprint density at radius 3 is 2.31 bits per heavy atom. The Balaban J connectivity index is 1.27. The molecule has 2 nitrogen and oxygen atoms in total. The zero-order valence-corrected chi connectivity index (χ0v) is 25.7. The quantitative estimate of drug-likeness (QED) is 0.211. The molecule has 11 rings (SSSR count). The number of fused-ring (bicyclic) bond motifs is 11. The SMILES string of the molecule is c1ccc2c(c1)-c1cccc3c1-c1c(cc(Nc4ccc5c(c4)sc4ccccc45)c4c5ccccc5n-2c14)C31CCCCC1. The van der Waals surface area contributed by atoms with Crippen LogP contribution in [0.25, 0.3) is 69.9 Å². The van der Waals surface area contributed by atoms with E-state index in [1.54, 1.807) is 5.56 Å². The van der Waals surface area contributed by atoms with Gasteiger partial charge in [0, 0.05) is 58.9 Å². The number of rotatable bonds is 2. The van der Waals surface area contributed by atoms with Gasteiger partial charge in [0.1, 0.15) is 0 Å². The molecule has 1 fully saturated rings. The Labute approximate surface area is 265 Å². The molecule has 8 aromatic rings. The molecule has 0 unspecified atom stereocenters. The average Bonchev–Trinajstić information content (AvgIpc) is 3.68. The normalized spacial score (nSPS) is 15.7. The van der Waals surface area contributed by atoms with Crippen LogP contribution < -0.4 is 5.32 Å². The lowest BCUT2D eigenvalue weighted by Gasteiger charge is -2.36. The van der Waals surface area contributed by atoms with Gasteiger partial charge in [-0.25, -0.2) is 0 Å². The van der Waals surface area contributed by atoms with Crippen LogP contribution >= 0.6 is 11.3 Å². The maximum atomic E-state index is 4.03. The van der Waals surface area contributed by atoms with Crippen LogP contribution in [0.4, 0.5) is 11.4 Å². The highest BCUT2D eigenvalue weighted by atomic mass is 32.1. The van der Waals surface area contributed by atoms with Crippen molar-refractivity contribution in [2.24, 2.45) is 0 Å². The fourth-order valence-corrected chi connectivity index (χ4v) is 10.4. The minimum absolute atomic E-state index is 0.0620. The van der Waals surface area contributed by atoms with Crippen molar-refractivity contribution in [1.29, 1.82) is 0 Å². The lowest BCUT2D eigenvalue weighted by Crippen LogP contribution is -2.28. The number of anilines is 2. The number of para-hydroxylation sites is 2. The van der Waals surface area contributed by atoms with Crippen LogP contribution in [0.5, 0.6) is 0 Å². The van der Waals surface area contributed by atoms with Gasteiger partial charge in [-0.15, -0.1) is 11.3 Å². The largest absolute Gasteiger partial charge is 0.355 e. The van der Waals surface area contributed by atoms with E-state index < -0.39 is 0 Å². The van der Waals surface area contributed by atoms with Crippen molar-refractivity contribution in [3.05, 3.63) is 126 Å². The fourth-order valence-electron chi connectivity index (χ4n) is 9.28. The number of benzene rings is 6. The van der Waals surface area contributed by atoms with E-state index in [0.29, 0.717) is 0 Å². The number of nitrogens with one attached hydrogen (secondary N) is 1. The molecule has 1 spiro atoms. The minimum Gasteiger partial charge on any atom is -0.355 e. The van der Waals surface area contributed by atoms with E-state index in [0.717, 1.165) is 5.69 Å². The number of nitrogens with zero attached hydrogens (tertiary/aromatic N) is 1. The van der Waals surface area contributed by atoms with Crippen molar-refractivity contribution in [3.63, 3.8) is 0 Å². The Bertz CT molecular complexity index is 2560. The summed E-state index contributed by atoms with van der Waals surface area (Å²) in [6.07, 6.45) is 6.34. The molecule has 1 saturated carbocycles. The monoisotopic (exact) mass is 594 g/mol. The summed E-state index contributed by atoms with van der Waals surface area (Å²) in [6.45, 7) is 0. The van der Waals surface area contributed by atoms with Crippen LogP contribution in [0.3, 0.4) is 0 Å². The summed E-state index contributed by atoms with van der Waals surface area (Å²) >= 11 is 1.88. The third-order valence-electron chi connectivity index (χ3n) is 11.1. The lowest BCUT2D eigenvalue weighted by atomic mass is 9.67. The smallest absolute Gasteiger partial charge is 0.0644 e. The first-order valence-corrected chi connectivity index (χ1v) is 17.1. The van der Waals surface area contributed by atoms with Gasteiger partial charge in [0.15, 0.2) is 0 Å². The van der Waals surface area contributed by atoms with Gasteiger partial charge in [-0.1, -0.05) is 98.1 Å². The van der Waals surface area contributed by atoms with E-state index in [-0.39, 0.29) is 5.41 Å². The molecule has 214 valence electrons. The summed E-state index contributed by atoms with van der Waals surface area (Å²) < 4.78 is 5.26. The number of aromatic nitrogens is 1. The molecular formula is C42H30N2S. The minimum atomic E-state index is 0.0620. The first-order chi connectivity index (χ1) is 22.3. The van der Waals surface area contributed by atoms with Gasteiger partial charge in [0.05, 0.1) is 16.7 Å². The second kappa shape index (κ2) is 8.65. The Morgan fingerprint density at radius 2 is 1.38 bits per heavy atom. The molecule has 3 aliphatic rings. The molecular weight excluding hydrogens is 565 g/mol. The maximum Gasteiger partial charge on any atom is 0.0644 e. The molecule has 0 atom stereocenters. The predicted molar refractivity (Wildman–Crippen MR) is 192 cm³/mol. The third-order valence-corrected chi connectivity index (χ3v) is 12.2. The first-order valence-electron chi connectivity index (χ1n) is 16.3. The van der Waals surface area contributed by atoms with Crippen molar-refractivity contribution < 1.29 is 0 Å². The van der Waals surface area contributed by atoms with Crippen molar-refractivity contribution >= 4 is 64.7 Å². The Hall–Kier alpha value is -4.86. The van der Waals surface area contributed by atoms with E-state index in [2.05, 4.69) is 125 Å². The average molecular weight is 595 g/mol. The van der Waals surface area contributed by atoms with Gasteiger partial charge < -0.3 is 9.88 Å². The zero-order valence-electron chi connectivity index (χ0n) is 24.9.